The standard InChI is InChI=1S/C18H15P.C13H9F3NO.C13H9F3N.C12H7F3N.C12H5F2N2.C11H6F2N.C9H9BN6.C7H13.C6H16O3P.CNS.CN.ClH.5Ir/c1-4-10-16(11-5-1)19(17-12-6-2-7-13-17)18-14-8-3-9-15-18;1-9-8-10(18-13(14,15)16)5-6-11(9)12-4-2-3-7-17-12;1-9-8-10(13(14,15)16)5-6-11(9)12-4-2-3-7-17-12;13-12(14,15)10-6-4-9(5-7-10)11-3-1-2-8-16-11;1-15-12-9(13)6-5-8(11(12)14)10-4-2-3-7-16-10;12-8-4-5-9(10(13)7-8)11-3-1-2-6-14-11;1-4-11-14(7-1)10(15-8-2-5-12-15)16-9-3-6-13-16;1-7-5-3-2-4-6-7;1-4-7-10(8-5-2)9-6-3;2-1-3;1-2;;;;;;/h1-15H;2-5,7-8H,1H3;2-5,7-8H,1H3;1-4,6-8H;2-4,6-7H;1-4,6-7H;1-9H;7H,1-6H2;10H,4-6H2,1-3H3;;;1H;;;;;/q;5*-1;;-1;+1;2*-1;;;;;;+3. The molecule has 17 rings (SSSR count). The van der Waals surface area contributed by atoms with E-state index in [9.17, 15) is 57.1 Å². The van der Waals surface area contributed by atoms with Gasteiger partial charge in [0.05, 0.1) is 34.3 Å². The smallest absolute Gasteiger partial charge is 0.568 e. The molecule has 0 unspecified atom stereocenters. The molecule has 144 heavy (non-hydrogen) atoms. The molecule has 0 bridgehead atoms. The Balaban J connectivity index is 0.000000546. The van der Waals surface area contributed by atoms with Gasteiger partial charge in [-0.15, -0.1) is 131 Å². The second-order valence-electron chi connectivity index (χ2n) is 28.2. The molecule has 16 aromatic rings. The number of hydrogen-bond donors (Lipinski definition) is 0. The number of benzene rings is 8. The first-order valence-electron chi connectivity index (χ1n) is 42.2. The molecule has 1 saturated carbocycles. The predicted octanol–water partition coefficient (Wildman–Crippen LogP) is 26.7. The van der Waals surface area contributed by atoms with Gasteiger partial charge in [-0.2, -0.15) is 66.3 Å². The predicted molar refractivity (Wildman–Crippen MR) is 522 cm³/mol. The van der Waals surface area contributed by atoms with Crippen LogP contribution < -0.4 is 20.7 Å². The Labute approximate surface area is 905 Å². The fourth-order valence-corrected chi connectivity index (χ4v) is 16.0. The summed E-state index contributed by atoms with van der Waals surface area (Å²) in [4.78, 5) is 22.9. The SMILES string of the molecule is CCO[PH+](OCC)OCC.Cc1cc(C(F)(F)F)c[c-]c1-c1ccccn1.Cc1cc(OC(F)(F)F)c[c-]c1-c1ccccn1.FC(F)(F)c1c[c-]c(-c2ccccn2)cc1.Fc1c[c-]c(-c2ccccn2)c(F)c1.[C-]#N.[C-]#[N+]c1c(F)c[c-]c(-c2ccccn2)c1F.[CH2-]C1CCCCC1.[Cl][Ir+2].[Ir].[Ir].[Ir].[Ir].[N-]=C=S.c1ccc([PH+](c2ccccc2)c2ccccc2)cc1.c1cnn(B(n2cccn2)n2cccn2)c1. The maximum absolute atomic E-state index is 13.7. The van der Waals surface area contributed by atoms with Crippen LogP contribution in [0.5, 0.6) is 5.75 Å². The van der Waals surface area contributed by atoms with Crippen molar-refractivity contribution in [1.82, 2.24) is 54.0 Å². The van der Waals surface area contributed by atoms with Crippen molar-refractivity contribution < 1.29 is 174 Å². The maximum Gasteiger partial charge on any atom is 0.568 e. The first-order chi connectivity index (χ1) is 67.6. The van der Waals surface area contributed by atoms with Gasteiger partial charge in [-0.05, 0) is 145 Å². The minimum atomic E-state index is -4.69. The molecule has 1 fully saturated rings. The summed E-state index contributed by atoms with van der Waals surface area (Å²) in [6.45, 7) is 26.5. The summed E-state index contributed by atoms with van der Waals surface area (Å²) < 4.78 is 188. The number of halogens is 14. The van der Waals surface area contributed by atoms with Crippen LogP contribution in [0, 0.1) is 98.7 Å². The number of aryl methyl sites for hydroxylation is 2. The third-order valence-electron chi connectivity index (χ3n) is 18.5. The molecule has 1 aliphatic rings. The van der Waals surface area contributed by atoms with Crippen molar-refractivity contribution in [2.24, 2.45) is 5.92 Å². The van der Waals surface area contributed by atoms with Gasteiger partial charge in [-0.25, -0.2) is 0 Å². The fraction of sp³-hybridized carbons (Fsp3) is 0.165. The fourth-order valence-electron chi connectivity index (χ4n) is 12.4. The van der Waals surface area contributed by atoms with E-state index in [-0.39, 0.29) is 104 Å². The van der Waals surface area contributed by atoms with Crippen molar-refractivity contribution in [1.29, 1.82) is 5.26 Å². The molecule has 8 aromatic carbocycles. The molecule has 0 N–H and O–H groups in total. The first kappa shape index (κ1) is 129. The summed E-state index contributed by atoms with van der Waals surface area (Å²) in [6.07, 6.45) is 12.4. The second-order valence-corrected chi connectivity index (χ2v) is 32.2. The van der Waals surface area contributed by atoms with Crippen LogP contribution in [-0.2, 0) is 124 Å². The van der Waals surface area contributed by atoms with E-state index in [1.54, 1.807) is 162 Å². The summed E-state index contributed by atoms with van der Waals surface area (Å²) in [5.41, 5.74) is 3.78. The number of isothiocyanates is 1. The molecular weight excluding hydrogens is 2850 g/mol. The number of aromatic nitrogens is 11. The first-order valence-corrected chi connectivity index (χ1v) is 48.3. The zero-order valence-electron chi connectivity index (χ0n) is 77.0. The van der Waals surface area contributed by atoms with Crippen molar-refractivity contribution in [3.63, 3.8) is 0 Å². The average Bonchev–Trinajstić information content (AvgIpc) is 1.67. The summed E-state index contributed by atoms with van der Waals surface area (Å²) in [7, 11) is 2.17. The Morgan fingerprint density at radius 1 is 0.472 bits per heavy atom. The molecule has 0 saturated heterocycles. The number of rotatable bonds is 18. The molecule has 4 radical (unpaired) electrons. The Morgan fingerprint density at radius 2 is 0.833 bits per heavy atom. The number of hydrogen-bond acceptors (Lipinski definition) is 14. The maximum atomic E-state index is 13.7. The number of thiocarbonyl (C=S) groups is 1. The summed E-state index contributed by atoms with van der Waals surface area (Å²) in [5, 5.41) is 31.7. The molecule has 762 valence electrons. The van der Waals surface area contributed by atoms with Crippen molar-refractivity contribution in [3.05, 3.63) is 435 Å². The van der Waals surface area contributed by atoms with Crippen LogP contribution in [0.1, 0.15) is 75.1 Å². The molecule has 0 amide bonds. The van der Waals surface area contributed by atoms with Gasteiger partial charge in [0.25, 0.3) is 0 Å². The molecular formula is C103H90BClF13Ir5N14O4P2S-4. The summed E-state index contributed by atoms with van der Waals surface area (Å²) in [5.74, 6) is -2.61. The van der Waals surface area contributed by atoms with E-state index in [1.807, 2.05) is 57.6 Å². The van der Waals surface area contributed by atoms with Gasteiger partial charge in [-0.3, -0.25) is 36.2 Å². The van der Waals surface area contributed by atoms with Crippen molar-refractivity contribution in [2.75, 3.05) is 19.8 Å². The molecule has 18 nitrogen and oxygen atoms in total. The van der Waals surface area contributed by atoms with Crippen LogP contribution in [0.25, 0.3) is 66.5 Å². The van der Waals surface area contributed by atoms with Crippen LogP contribution in [0.15, 0.2) is 329 Å². The van der Waals surface area contributed by atoms with Crippen LogP contribution >= 0.6 is 38.3 Å². The van der Waals surface area contributed by atoms with E-state index in [0.29, 0.717) is 76.1 Å². The van der Waals surface area contributed by atoms with E-state index >= 15 is 0 Å². The van der Waals surface area contributed by atoms with Gasteiger partial charge in [0.2, 0.25) is 0 Å². The van der Waals surface area contributed by atoms with Gasteiger partial charge in [0.15, 0.2) is 5.69 Å². The number of ether oxygens (including phenoxy) is 1. The van der Waals surface area contributed by atoms with Crippen molar-refractivity contribution in [2.45, 2.75) is 85.4 Å². The number of alkyl halides is 9. The van der Waals surface area contributed by atoms with Crippen LogP contribution in [0.4, 0.5) is 62.8 Å². The second kappa shape index (κ2) is 71.6. The third-order valence-corrected chi connectivity index (χ3v) is 22.8. The van der Waals surface area contributed by atoms with Crippen LogP contribution in [0.2, 0.25) is 0 Å². The van der Waals surface area contributed by atoms with Crippen molar-refractivity contribution in [3.8, 4) is 62.0 Å². The van der Waals surface area contributed by atoms with Crippen LogP contribution in [0.3, 0.4) is 0 Å². The Hall–Kier alpha value is -10.8. The van der Waals surface area contributed by atoms with Gasteiger partial charge in [0.1, 0.15) is 15.9 Å². The number of pyridine rings is 5. The Bertz CT molecular complexity index is 6060. The Morgan fingerprint density at radius 3 is 1.15 bits per heavy atom. The van der Waals surface area contributed by atoms with E-state index in [0.717, 1.165) is 54.4 Å². The van der Waals surface area contributed by atoms with E-state index in [1.165, 1.54) is 89.4 Å². The minimum Gasteiger partial charge on any atom is -0.753 e. The topological polar surface area (TPSA) is 205 Å². The van der Waals surface area contributed by atoms with E-state index in [2.05, 4.69) is 200 Å². The molecule has 0 atom stereocenters. The third kappa shape index (κ3) is 45.8. The Kier molecular flexibility index (Phi) is 64.3. The summed E-state index contributed by atoms with van der Waals surface area (Å²) in [6, 6.07) is 87.7. The van der Waals surface area contributed by atoms with Gasteiger partial charge in [-0.1, -0.05) is 185 Å². The molecule has 8 heterocycles. The zero-order valence-corrected chi connectivity index (χ0v) is 92.5. The monoisotopic (exact) mass is 2940 g/mol. The zero-order chi connectivity index (χ0) is 102. The molecule has 1 aliphatic carbocycles. The van der Waals surface area contributed by atoms with Crippen molar-refractivity contribution >= 4 is 72.2 Å². The van der Waals surface area contributed by atoms with E-state index < -0.39 is 75.3 Å². The van der Waals surface area contributed by atoms with Gasteiger partial charge < -0.3 is 53.8 Å². The van der Waals surface area contributed by atoms with Gasteiger partial charge >= 0.3 is 61.9 Å². The normalized spacial score (nSPS) is 10.8. The molecule has 41 heteroatoms. The average molecular weight is 2940 g/mol. The van der Waals surface area contributed by atoms with E-state index in [4.69, 9.17) is 37.4 Å². The molecule has 0 aliphatic heterocycles. The molecule has 8 aromatic heterocycles. The summed E-state index contributed by atoms with van der Waals surface area (Å²) >= 11 is 5.17. The van der Waals surface area contributed by atoms with Gasteiger partial charge in [0, 0.05) is 178 Å². The number of nitrogens with zero attached hydrogens (tertiary/aromatic N) is 14. The van der Waals surface area contributed by atoms with Crippen LogP contribution in [-0.4, -0.2) is 92.5 Å². The quantitative estimate of drug-likeness (QED) is 0.0196. The largest absolute Gasteiger partial charge is 0.753 e. The molecule has 0 spiro atoms. The minimum absolute atomic E-state index is 0.